The van der Waals surface area contributed by atoms with Gasteiger partial charge in [-0.05, 0) is 0 Å². The molecule has 5 rings (SSSR count). The van der Waals surface area contributed by atoms with Gasteiger partial charge >= 0.3 is 189 Å². The number of rotatable bonds is 5. The summed E-state index contributed by atoms with van der Waals surface area (Å²) >= 11 is 0.149. The van der Waals surface area contributed by atoms with Crippen molar-refractivity contribution in [3.8, 4) is 5.75 Å². The van der Waals surface area contributed by atoms with Crippen molar-refractivity contribution in [2.75, 3.05) is 12.0 Å². The van der Waals surface area contributed by atoms with Gasteiger partial charge in [0.15, 0.2) is 0 Å². The summed E-state index contributed by atoms with van der Waals surface area (Å²) in [7, 11) is 1.66. The number of fused-ring (bicyclic) bond motifs is 1. The monoisotopic (exact) mass is 479 g/mol. The van der Waals surface area contributed by atoms with Gasteiger partial charge in [-0.1, -0.05) is 0 Å². The predicted molar refractivity (Wildman–Crippen MR) is 123 cm³/mol. The number of nitrogens with zero attached hydrogens (tertiary/aromatic N) is 1. The molecule has 1 amide bonds. The van der Waals surface area contributed by atoms with Crippen molar-refractivity contribution in [1.29, 1.82) is 0 Å². The van der Waals surface area contributed by atoms with Crippen molar-refractivity contribution in [3.63, 3.8) is 0 Å². The molecule has 0 spiro atoms. The molecule has 0 aliphatic carbocycles. The molecule has 2 aliphatic heterocycles. The number of β-lactam (4-membered cyclic amide) rings is 1. The van der Waals surface area contributed by atoms with E-state index in [1.165, 1.54) is 10.0 Å². The summed E-state index contributed by atoms with van der Waals surface area (Å²) < 4.78 is 13.2. The summed E-state index contributed by atoms with van der Waals surface area (Å²) in [4.78, 5) is 15.4. The zero-order chi connectivity index (χ0) is 21.4. The second-order valence-electron chi connectivity index (χ2n) is 7.99. The Morgan fingerprint density at radius 3 is 2.19 bits per heavy atom. The number of carbonyl (C=O) groups is 1. The Balaban J connectivity index is 1.54. The fraction of sp³-hybridized carbons (Fsp3) is 0.269. The van der Waals surface area contributed by atoms with E-state index in [1.807, 2.05) is 48.2 Å². The number of hydrogen-bond acceptors (Lipinski definition) is 3. The number of hydrogen-bond donors (Lipinski definition) is 0. The number of methoxy groups -OCH3 is 1. The second-order valence-corrected chi connectivity index (χ2v) is 10.6. The fourth-order valence-corrected chi connectivity index (χ4v) is 7.62. The van der Waals surface area contributed by atoms with Gasteiger partial charge in [-0.2, -0.15) is 0 Å². The molecule has 0 N–H and O–H groups in total. The summed E-state index contributed by atoms with van der Waals surface area (Å²) in [5, 5.41) is 0. The van der Waals surface area contributed by atoms with Crippen LogP contribution in [-0.4, -0.2) is 40.1 Å². The van der Waals surface area contributed by atoms with Crippen LogP contribution in [0.1, 0.15) is 18.6 Å². The van der Waals surface area contributed by atoms with Gasteiger partial charge in [-0.15, -0.1) is 0 Å². The Hall–Kier alpha value is -2.59. The van der Waals surface area contributed by atoms with Crippen molar-refractivity contribution >= 4 is 31.0 Å². The van der Waals surface area contributed by atoms with E-state index in [1.54, 1.807) is 7.11 Å². The summed E-state index contributed by atoms with van der Waals surface area (Å²) in [6.45, 7) is 2.04. The van der Waals surface area contributed by atoms with Gasteiger partial charge in [0.05, 0.1) is 0 Å². The standard InChI is InChI=1S/C26H25NO3Se/c1-17-22-23(27(26(22)28)19-13-15-20(29-2)16-14-19)25(31-21-11-7-4-8-12-21)24(30-17)18-9-5-3-6-10-18/h3-17,22-25H,1-2H3/t17-,22+,23+,24-,25+/m0/s1. The molecule has 158 valence electrons. The van der Waals surface area contributed by atoms with E-state index in [9.17, 15) is 4.79 Å². The summed E-state index contributed by atoms with van der Waals surface area (Å²) in [6, 6.07) is 29.0. The van der Waals surface area contributed by atoms with Crippen LogP contribution in [0.2, 0.25) is 4.82 Å². The predicted octanol–water partition coefficient (Wildman–Crippen LogP) is 4.00. The van der Waals surface area contributed by atoms with Crippen LogP contribution in [0.3, 0.4) is 0 Å². The van der Waals surface area contributed by atoms with Gasteiger partial charge < -0.3 is 0 Å². The van der Waals surface area contributed by atoms with Crippen molar-refractivity contribution < 1.29 is 14.3 Å². The third kappa shape index (κ3) is 3.67. The van der Waals surface area contributed by atoms with E-state index in [4.69, 9.17) is 9.47 Å². The van der Waals surface area contributed by atoms with Gasteiger partial charge in [0, 0.05) is 0 Å². The minimum absolute atomic E-state index is 0.0356. The van der Waals surface area contributed by atoms with Crippen LogP contribution in [0.25, 0.3) is 0 Å². The Bertz CT molecular complexity index is 1040. The Kier molecular flexibility index (Phi) is 5.58. The van der Waals surface area contributed by atoms with Crippen LogP contribution < -0.4 is 14.1 Å². The van der Waals surface area contributed by atoms with E-state index >= 15 is 0 Å². The molecule has 2 aliphatic rings. The average molecular weight is 478 g/mol. The minimum atomic E-state index is -0.111. The van der Waals surface area contributed by atoms with Gasteiger partial charge in [0.1, 0.15) is 0 Å². The molecule has 3 aromatic carbocycles. The molecular formula is C26H25NO3Se. The molecule has 2 heterocycles. The topological polar surface area (TPSA) is 38.8 Å². The molecule has 0 radical (unpaired) electrons. The first-order valence-corrected chi connectivity index (χ1v) is 12.4. The Morgan fingerprint density at radius 2 is 1.55 bits per heavy atom. The average Bonchev–Trinajstić information content (AvgIpc) is 2.81. The van der Waals surface area contributed by atoms with Crippen LogP contribution in [0.5, 0.6) is 5.75 Å². The number of carbonyl (C=O) groups excluding carboxylic acids is 1. The second kappa shape index (κ2) is 8.51. The van der Waals surface area contributed by atoms with E-state index in [0.29, 0.717) is 0 Å². The van der Waals surface area contributed by atoms with Crippen LogP contribution in [0, 0.1) is 5.92 Å². The van der Waals surface area contributed by atoms with E-state index < -0.39 is 0 Å². The Morgan fingerprint density at radius 1 is 0.903 bits per heavy atom. The first-order chi connectivity index (χ1) is 15.2. The summed E-state index contributed by atoms with van der Waals surface area (Å²) in [5.41, 5.74) is 2.12. The third-order valence-electron chi connectivity index (χ3n) is 6.18. The normalized spacial score (nSPS) is 27.4. The number of ether oxygens (including phenoxy) is 2. The van der Waals surface area contributed by atoms with E-state index in [-0.39, 0.29) is 49.8 Å². The van der Waals surface area contributed by atoms with E-state index in [2.05, 4.69) is 48.5 Å². The SMILES string of the molecule is COc1ccc(N2C(=O)[C@H]3[C@@H]2[C@@H]([Se]c2ccccc2)[C@H](c2ccccc2)O[C@H]3C)cc1. The molecule has 3 aromatic rings. The van der Waals surface area contributed by atoms with Crippen LogP contribution in [0.15, 0.2) is 84.9 Å². The molecule has 31 heavy (non-hydrogen) atoms. The molecular weight excluding hydrogens is 453 g/mol. The molecule has 0 unspecified atom stereocenters. The number of benzene rings is 3. The maximum absolute atomic E-state index is 13.2. The summed E-state index contributed by atoms with van der Waals surface area (Å²) in [5.74, 6) is 0.849. The number of amides is 1. The van der Waals surface area contributed by atoms with Crippen molar-refractivity contribution in [2.45, 2.75) is 30.0 Å². The summed E-state index contributed by atoms with van der Waals surface area (Å²) in [6.07, 6.45) is -0.147. The van der Waals surface area contributed by atoms with Crippen LogP contribution >= 0.6 is 0 Å². The molecule has 5 atom stereocenters. The zero-order valence-corrected chi connectivity index (χ0v) is 19.3. The maximum atomic E-state index is 13.2. The van der Waals surface area contributed by atoms with Gasteiger partial charge in [-0.25, -0.2) is 0 Å². The molecule has 0 saturated carbocycles. The van der Waals surface area contributed by atoms with Crippen LogP contribution in [-0.2, 0) is 9.53 Å². The zero-order valence-electron chi connectivity index (χ0n) is 17.5. The van der Waals surface area contributed by atoms with Gasteiger partial charge in [0.2, 0.25) is 0 Å². The molecule has 2 fully saturated rings. The van der Waals surface area contributed by atoms with Gasteiger partial charge in [0.25, 0.3) is 0 Å². The third-order valence-corrected chi connectivity index (χ3v) is 9.00. The Labute approximate surface area is 189 Å². The molecule has 4 nitrogen and oxygen atoms in total. The fourth-order valence-electron chi connectivity index (χ4n) is 4.68. The molecule has 2 saturated heterocycles. The molecule has 0 aromatic heterocycles. The van der Waals surface area contributed by atoms with E-state index in [0.717, 1.165) is 11.4 Å². The molecule has 5 heteroatoms. The quantitative estimate of drug-likeness (QED) is 0.411. The van der Waals surface area contributed by atoms with Crippen molar-refractivity contribution in [3.05, 3.63) is 90.5 Å². The first-order valence-electron chi connectivity index (χ1n) is 10.6. The first kappa shape index (κ1) is 20.3. The van der Waals surface area contributed by atoms with Gasteiger partial charge in [-0.3, -0.25) is 0 Å². The van der Waals surface area contributed by atoms with Crippen LogP contribution in [0.4, 0.5) is 5.69 Å². The number of anilines is 1. The van der Waals surface area contributed by atoms with Crippen molar-refractivity contribution in [1.82, 2.24) is 0 Å². The molecule has 0 bridgehead atoms. The van der Waals surface area contributed by atoms with Crippen molar-refractivity contribution in [2.24, 2.45) is 5.92 Å².